The minimum absolute atomic E-state index is 0.0516. The quantitative estimate of drug-likeness (QED) is 0.653. The molecule has 0 spiro atoms. The largest absolute Gasteiger partial charge is 0.374 e. The second-order valence-corrected chi connectivity index (χ2v) is 5.12. The second-order valence-electron chi connectivity index (χ2n) is 5.12. The van der Waals surface area contributed by atoms with E-state index in [9.17, 15) is 19.3 Å². The molecule has 0 unspecified atom stereocenters. The van der Waals surface area contributed by atoms with Crippen LogP contribution in [0.5, 0.6) is 0 Å². The lowest BCUT2D eigenvalue weighted by atomic mass is 10.2. The molecule has 0 saturated heterocycles. The molecule has 6 nitrogen and oxygen atoms in total. The number of rotatable bonds is 5. The van der Waals surface area contributed by atoms with Crippen LogP contribution in [0.1, 0.15) is 12.5 Å². The number of aryl methyl sites for hydroxylation is 1. The van der Waals surface area contributed by atoms with Gasteiger partial charge in [-0.05, 0) is 43.7 Å². The number of carbonyl (C=O) groups excluding carboxylic acids is 1. The summed E-state index contributed by atoms with van der Waals surface area (Å²) >= 11 is 0. The molecule has 0 aliphatic rings. The van der Waals surface area contributed by atoms with E-state index in [4.69, 9.17) is 0 Å². The maximum absolute atomic E-state index is 13.5. The zero-order valence-corrected chi connectivity index (χ0v) is 12.7. The number of hydrogen-bond acceptors (Lipinski definition) is 4. The van der Waals surface area contributed by atoms with Crippen molar-refractivity contribution >= 4 is 23.0 Å². The molecule has 2 N–H and O–H groups in total. The van der Waals surface area contributed by atoms with Gasteiger partial charge in [-0.2, -0.15) is 0 Å². The van der Waals surface area contributed by atoms with E-state index in [1.807, 2.05) is 0 Å². The number of anilines is 2. The van der Waals surface area contributed by atoms with Crippen LogP contribution in [0, 0.1) is 22.9 Å². The van der Waals surface area contributed by atoms with E-state index in [0.717, 1.165) is 0 Å². The van der Waals surface area contributed by atoms with Crippen LogP contribution < -0.4 is 10.6 Å². The van der Waals surface area contributed by atoms with Crippen LogP contribution in [0.15, 0.2) is 42.5 Å². The van der Waals surface area contributed by atoms with Gasteiger partial charge in [-0.3, -0.25) is 14.9 Å². The molecule has 1 atom stereocenters. The molecule has 0 aliphatic heterocycles. The fraction of sp³-hybridized carbons (Fsp3) is 0.188. The van der Waals surface area contributed by atoms with Crippen molar-refractivity contribution < 1.29 is 14.1 Å². The molecule has 0 aromatic heterocycles. The Morgan fingerprint density at radius 1 is 1.17 bits per heavy atom. The number of halogens is 1. The van der Waals surface area contributed by atoms with Gasteiger partial charge >= 0.3 is 0 Å². The van der Waals surface area contributed by atoms with Crippen LogP contribution in [0.4, 0.5) is 21.5 Å². The molecular formula is C16H16FN3O3. The number of benzene rings is 2. The molecule has 1 amide bonds. The Morgan fingerprint density at radius 2 is 1.78 bits per heavy atom. The average molecular weight is 317 g/mol. The van der Waals surface area contributed by atoms with E-state index in [-0.39, 0.29) is 17.4 Å². The molecule has 23 heavy (non-hydrogen) atoms. The molecule has 2 aromatic rings. The lowest BCUT2D eigenvalue weighted by Gasteiger charge is -2.15. The molecular weight excluding hydrogens is 301 g/mol. The Labute approximate surface area is 132 Å². The monoisotopic (exact) mass is 317 g/mol. The lowest BCUT2D eigenvalue weighted by Crippen LogP contribution is -2.31. The molecule has 2 aromatic carbocycles. The summed E-state index contributed by atoms with van der Waals surface area (Å²) in [5.74, 6) is -0.683. The third kappa shape index (κ3) is 4.26. The lowest BCUT2D eigenvalue weighted by molar-refractivity contribution is -0.384. The van der Waals surface area contributed by atoms with Crippen molar-refractivity contribution in [1.82, 2.24) is 0 Å². The summed E-state index contributed by atoms with van der Waals surface area (Å²) < 4.78 is 13.5. The molecule has 2 rings (SSSR count). The minimum atomic E-state index is -0.604. The highest BCUT2D eigenvalue weighted by Gasteiger charge is 2.14. The van der Waals surface area contributed by atoms with Crippen molar-refractivity contribution in [2.45, 2.75) is 19.9 Å². The highest BCUT2D eigenvalue weighted by molar-refractivity contribution is 5.96. The van der Waals surface area contributed by atoms with Gasteiger partial charge in [0, 0.05) is 23.5 Å². The van der Waals surface area contributed by atoms with Gasteiger partial charge in [-0.15, -0.1) is 0 Å². The van der Waals surface area contributed by atoms with Gasteiger partial charge in [0.25, 0.3) is 5.69 Å². The van der Waals surface area contributed by atoms with Gasteiger partial charge in [0.2, 0.25) is 5.91 Å². The zero-order chi connectivity index (χ0) is 17.0. The van der Waals surface area contributed by atoms with E-state index < -0.39 is 11.0 Å². The minimum Gasteiger partial charge on any atom is -0.374 e. The van der Waals surface area contributed by atoms with Gasteiger partial charge in [-0.1, -0.05) is 6.07 Å². The van der Waals surface area contributed by atoms with Crippen molar-refractivity contribution in [2.75, 3.05) is 10.6 Å². The van der Waals surface area contributed by atoms with Gasteiger partial charge in [0.1, 0.15) is 11.9 Å². The van der Waals surface area contributed by atoms with Gasteiger partial charge < -0.3 is 10.6 Å². The third-order valence-corrected chi connectivity index (χ3v) is 3.29. The summed E-state index contributed by atoms with van der Waals surface area (Å²) in [6, 6.07) is 9.55. The number of nitro groups is 1. The summed E-state index contributed by atoms with van der Waals surface area (Å²) in [6.07, 6.45) is 0. The molecule has 0 fully saturated rings. The van der Waals surface area contributed by atoms with Crippen LogP contribution in [0.25, 0.3) is 0 Å². The first kappa shape index (κ1) is 16.4. The van der Waals surface area contributed by atoms with Crippen LogP contribution in [-0.2, 0) is 4.79 Å². The van der Waals surface area contributed by atoms with E-state index >= 15 is 0 Å². The van der Waals surface area contributed by atoms with E-state index in [2.05, 4.69) is 10.6 Å². The number of nitro benzene ring substituents is 1. The van der Waals surface area contributed by atoms with Crippen molar-refractivity contribution in [1.29, 1.82) is 0 Å². The van der Waals surface area contributed by atoms with Crippen LogP contribution in [0.3, 0.4) is 0 Å². The number of nitrogens with zero attached hydrogens (tertiary/aromatic N) is 1. The van der Waals surface area contributed by atoms with Gasteiger partial charge in [-0.25, -0.2) is 4.39 Å². The average Bonchev–Trinajstić information content (AvgIpc) is 2.51. The SMILES string of the molecule is Cc1ccc(N[C@@H](C)C(=O)Nc2ccc([N+](=O)[O-])cc2)cc1F. The molecule has 0 heterocycles. The Bertz CT molecular complexity index is 732. The van der Waals surface area contributed by atoms with Gasteiger partial charge in [0.05, 0.1) is 4.92 Å². The summed E-state index contributed by atoms with van der Waals surface area (Å²) in [5, 5.41) is 16.1. The number of amides is 1. The molecule has 0 bridgehead atoms. The predicted molar refractivity (Wildman–Crippen MR) is 85.9 cm³/mol. The van der Waals surface area contributed by atoms with E-state index in [1.54, 1.807) is 26.0 Å². The summed E-state index contributed by atoms with van der Waals surface area (Å²) in [6.45, 7) is 3.29. The van der Waals surface area contributed by atoms with Crippen LogP contribution in [0.2, 0.25) is 0 Å². The van der Waals surface area contributed by atoms with Crippen molar-refractivity contribution in [3.8, 4) is 0 Å². The maximum atomic E-state index is 13.5. The van der Waals surface area contributed by atoms with Crippen molar-refractivity contribution in [3.63, 3.8) is 0 Å². The van der Waals surface area contributed by atoms with Crippen LogP contribution >= 0.6 is 0 Å². The molecule has 0 radical (unpaired) electrons. The summed E-state index contributed by atoms with van der Waals surface area (Å²) in [4.78, 5) is 22.1. The predicted octanol–water partition coefficient (Wildman–Crippen LogP) is 3.48. The molecule has 120 valence electrons. The topological polar surface area (TPSA) is 84.3 Å². The Hall–Kier alpha value is -2.96. The normalized spacial score (nSPS) is 11.6. The Kier molecular flexibility index (Phi) is 4.90. The van der Waals surface area contributed by atoms with Gasteiger partial charge in [0.15, 0.2) is 0 Å². The first-order chi connectivity index (χ1) is 10.9. The first-order valence-corrected chi connectivity index (χ1v) is 6.95. The Balaban J connectivity index is 1.99. The van der Waals surface area contributed by atoms with Crippen molar-refractivity contribution in [3.05, 3.63) is 64.0 Å². The number of hydrogen-bond donors (Lipinski definition) is 2. The van der Waals surface area contributed by atoms with E-state index in [1.165, 1.54) is 30.3 Å². The third-order valence-electron chi connectivity index (χ3n) is 3.29. The standard InChI is InChI=1S/C16H16FN3O3/c1-10-3-4-13(9-15(10)17)18-11(2)16(21)19-12-5-7-14(8-6-12)20(22)23/h3-9,11,18H,1-2H3,(H,19,21)/t11-/m0/s1. The molecule has 0 saturated carbocycles. The number of non-ortho nitro benzene ring substituents is 1. The smallest absolute Gasteiger partial charge is 0.269 e. The molecule has 7 heteroatoms. The van der Waals surface area contributed by atoms with E-state index in [0.29, 0.717) is 16.9 Å². The Morgan fingerprint density at radius 3 is 2.35 bits per heavy atom. The second kappa shape index (κ2) is 6.87. The van der Waals surface area contributed by atoms with Crippen molar-refractivity contribution in [2.24, 2.45) is 0 Å². The summed E-state index contributed by atoms with van der Waals surface area (Å²) in [5.41, 5.74) is 1.42. The summed E-state index contributed by atoms with van der Waals surface area (Å²) in [7, 11) is 0. The number of nitrogens with one attached hydrogen (secondary N) is 2. The number of carbonyl (C=O) groups is 1. The fourth-order valence-corrected chi connectivity index (χ4v) is 1.92. The van der Waals surface area contributed by atoms with Crippen LogP contribution in [-0.4, -0.2) is 16.9 Å². The highest BCUT2D eigenvalue weighted by atomic mass is 19.1. The fourth-order valence-electron chi connectivity index (χ4n) is 1.92. The zero-order valence-electron chi connectivity index (χ0n) is 12.7. The molecule has 0 aliphatic carbocycles. The highest BCUT2D eigenvalue weighted by Crippen LogP contribution is 2.17. The first-order valence-electron chi connectivity index (χ1n) is 6.95. The maximum Gasteiger partial charge on any atom is 0.269 e.